The van der Waals surface area contributed by atoms with Gasteiger partial charge in [0.2, 0.25) is 0 Å². The van der Waals surface area contributed by atoms with Crippen LogP contribution in [-0.2, 0) is 0 Å². The lowest BCUT2D eigenvalue weighted by molar-refractivity contribution is 0.104. The second-order valence-electron chi connectivity index (χ2n) is 4.28. The van der Waals surface area contributed by atoms with E-state index >= 15 is 0 Å². The average Bonchev–Trinajstić information content (AvgIpc) is 2.48. The summed E-state index contributed by atoms with van der Waals surface area (Å²) in [7, 11) is 0. The molecule has 0 aliphatic carbocycles. The van der Waals surface area contributed by atoms with Gasteiger partial charge >= 0.3 is 0 Å². The molecule has 0 saturated carbocycles. The summed E-state index contributed by atoms with van der Waals surface area (Å²) < 4.78 is 0. The largest absolute Gasteiger partial charge is 0.335 e. The Morgan fingerprint density at radius 1 is 1.20 bits per heavy atom. The number of aryl methyl sites for hydroxylation is 1. The Balaban J connectivity index is 2.14. The van der Waals surface area contributed by atoms with Crippen LogP contribution in [0.15, 0.2) is 59.8 Å². The highest BCUT2D eigenvalue weighted by molar-refractivity contribution is 8.02. The lowest BCUT2D eigenvalue weighted by Crippen LogP contribution is -2.02. The minimum absolute atomic E-state index is 0.0159. The number of allylic oxidation sites excluding steroid dienone is 1. The van der Waals surface area contributed by atoms with Crippen LogP contribution in [0.3, 0.4) is 0 Å². The number of rotatable bonds is 5. The minimum Gasteiger partial charge on any atom is -0.335 e. The van der Waals surface area contributed by atoms with Crippen molar-refractivity contribution in [3.8, 4) is 0 Å². The van der Waals surface area contributed by atoms with Crippen molar-refractivity contribution < 1.29 is 4.79 Å². The summed E-state index contributed by atoms with van der Waals surface area (Å²) in [5.41, 5.74) is 1.83. The number of hydrogen-bond donors (Lipinski definition) is 1. The van der Waals surface area contributed by atoms with Crippen molar-refractivity contribution in [3.63, 3.8) is 0 Å². The van der Waals surface area contributed by atoms with E-state index in [1.54, 1.807) is 12.3 Å². The first-order chi connectivity index (χ1) is 9.69. The van der Waals surface area contributed by atoms with Crippen LogP contribution in [0.5, 0.6) is 0 Å². The summed E-state index contributed by atoms with van der Waals surface area (Å²) in [5, 5.41) is 3.91. The van der Waals surface area contributed by atoms with E-state index in [0.717, 1.165) is 16.4 Å². The molecular formula is C16H16N2OS. The zero-order chi connectivity index (χ0) is 14.4. The Hall–Kier alpha value is -2.07. The third-order valence-electron chi connectivity index (χ3n) is 2.73. The van der Waals surface area contributed by atoms with E-state index in [0.29, 0.717) is 5.56 Å². The van der Waals surface area contributed by atoms with Crippen LogP contribution in [0, 0.1) is 6.92 Å². The second kappa shape index (κ2) is 6.91. The number of thioether (sulfide) groups is 1. The van der Waals surface area contributed by atoms with Gasteiger partial charge < -0.3 is 5.32 Å². The van der Waals surface area contributed by atoms with Gasteiger partial charge in [-0.15, -0.1) is 11.8 Å². The smallest absolute Gasteiger partial charge is 0.188 e. The lowest BCUT2D eigenvalue weighted by Gasteiger charge is -2.07. The van der Waals surface area contributed by atoms with Gasteiger partial charge in [-0.1, -0.05) is 35.9 Å². The molecule has 2 rings (SSSR count). The molecule has 2 aromatic rings. The number of hydrogen-bond acceptors (Lipinski definition) is 4. The van der Waals surface area contributed by atoms with E-state index in [4.69, 9.17) is 0 Å². The highest BCUT2D eigenvalue weighted by atomic mass is 32.2. The summed E-state index contributed by atoms with van der Waals surface area (Å²) in [5.74, 6) is 0.711. The fourth-order valence-electron chi connectivity index (χ4n) is 1.63. The van der Waals surface area contributed by atoms with E-state index in [1.807, 2.05) is 55.6 Å². The second-order valence-corrected chi connectivity index (χ2v) is 5.13. The van der Waals surface area contributed by atoms with Crippen LogP contribution in [0.1, 0.15) is 15.9 Å². The third kappa shape index (κ3) is 3.96. The first-order valence-electron chi connectivity index (χ1n) is 6.24. The molecule has 0 radical (unpaired) electrons. The SMILES string of the molecule is CS/C(=C\C(=O)c1ccc(C)cc1)Nc1ccccn1. The molecule has 102 valence electrons. The molecule has 1 N–H and O–H groups in total. The van der Waals surface area contributed by atoms with Crippen LogP contribution < -0.4 is 5.32 Å². The minimum atomic E-state index is -0.0159. The standard InChI is InChI=1S/C16H16N2OS/c1-12-6-8-13(9-7-12)14(19)11-16(20-2)18-15-5-3-4-10-17-15/h3-11H,1-2H3,(H,17,18)/b16-11-. The van der Waals surface area contributed by atoms with Gasteiger partial charge in [-0.3, -0.25) is 4.79 Å². The predicted octanol–water partition coefficient (Wildman–Crippen LogP) is 3.89. The van der Waals surface area contributed by atoms with Gasteiger partial charge in [-0.2, -0.15) is 0 Å². The average molecular weight is 284 g/mol. The van der Waals surface area contributed by atoms with E-state index in [-0.39, 0.29) is 5.78 Å². The van der Waals surface area contributed by atoms with Gasteiger partial charge in [0, 0.05) is 17.8 Å². The van der Waals surface area contributed by atoms with Crippen molar-refractivity contribution in [2.75, 3.05) is 11.6 Å². The number of nitrogens with one attached hydrogen (secondary N) is 1. The van der Waals surface area contributed by atoms with E-state index in [1.165, 1.54) is 11.8 Å². The highest BCUT2D eigenvalue weighted by Crippen LogP contribution is 2.16. The molecule has 0 atom stereocenters. The number of pyridine rings is 1. The Bertz CT molecular complexity index is 606. The van der Waals surface area contributed by atoms with Crippen molar-refractivity contribution in [3.05, 3.63) is 70.9 Å². The summed E-state index contributed by atoms with van der Waals surface area (Å²) in [6.07, 6.45) is 5.23. The molecule has 1 aromatic carbocycles. The number of nitrogens with zero attached hydrogens (tertiary/aromatic N) is 1. The molecule has 20 heavy (non-hydrogen) atoms. The van der Waals surface area contributed by atoms with E-state index < -0.39 is 0 Å². The first-order valence-corrected chi connectivity index (χ1v) is 7.46. The van der Waals surface area contributed by atoms with Crippen molar-refractivity contribution in [2.24, 2.45) is 0 Å². The summed E-state index contributed by atoms with van der Waals surface area (Å²) in [6, 6.07) is 13.2. The molecular weight excluding hydrogens is 268 g/mol. The third-order valence-corrected chi connectivity index (χ3v) is 3.39. The van der Waals surface area contributed by atoms with E-state index in [9.17, 15) is 4.79 Å². The van der Waals surface area contributed by atoms with Gasteiger partial charge in [0.05, 0.1) is 5.03 Å². The maximum atomic E-state index is 12.2. The molecule has 0 bridgehead atoms. The van der Waals surface area contributed by atoms with Crippen LogP contribution in [0.25, 0.3) is 0 Å². The van der Waals surface area contributed by atoms with Crippen molar-refractivity contribution in [1.29, 1.82) is 0 Å². The number of aromatic nitrogens is 1. The molecule has 0 aliphatic rings. The van der Waals surface area contributed by atoms with Gasteiger partial charge in [0.25, 0.3) is 0 Å². The number of carbonyl (C=O) groups is 1. The first kappa shape index (κ1) is 14.3. The van der Waals surface area contributed by atoms with Crippen LogP contribution in [0.2, 0.25) is 0 Å². The van der Waals surface area contributed by atoms with Crippen LogP contribution in [0.4, 0.5) is 5.82 Å². The van der Waals surface area contributed by atoms with Gasteiger partial charge in [0.15, 0.2) is 5.78 Å². The maximum Gasteiger partial charge on any atom is 0.188 e. The zero-order valence-electron chi connectivity index (χ0n) is 11.5. The molecule has 1 aromatic heterocycles. The highest BCUT2D eigenvalue weighted by Gasteiger charge is 2.05. The Morgan fingerprint density at radius 3 is 2.55 bits per heavy atom. The summed E-state index contributed by atoms with van der Waals surface area (Å²) >= 11 is 1.48. The molecule has 1 heterocycles. The maximum absolute atomic E-state index is 12.2. The Kier molecular flexibility index (Phi) is 4.96. The van der Waals surface area contributed by atoms with Crippen molar-refractivity contribution in [1.82, 2.24) is 4.98 Å². The molecule has 0 unspecified atom stereocenters. The number of carbonyl (C=O) groups excluding carboxylic acids is 1. The number of ketones is 1. The van der Waals surface area contributed by atoms with Crippen LogP contribution >= 0.6 is 11.8 Å². The molecule has 0 spiro atoms. The molecule has 4 heteroatoms. The van der Waals surface area contributed by atoms with Gasteiger partial charge in [-0.25, -0.2) is 4.98 Å². The summed E-state index contributed by atoms with van der Waals surface area (Å²) in [4.78, 5) is 16.3. The quantitative estimate of drug-likeness (QED) is 0.668. The van der Waals surface area contributed by atoms with E-state index in [2.05, 4.69) is 10.3 Å². The molecule has 0 saturated heterocycles. The Labute approximate surface area is 123 Å². The fourth-order valence-corrected chi connectivity index (χ4v) is 2.06. The molecule has 3 nitrogen and oxygen atoms in total. The topological polar surface area (TPSA) is 42.0 Å². The molecule has 0 amide bonds. The van der Waals surface area contributed by atoms with Crippen LogP contribution in [-0.4, -0.2) is 17.0 Å². The van der Waals surface area contributed by atoms with Gasteiger partial charge in [-0.05, 0) is 25.3 Å². The number of benzene rings is 1. The van der Waals surface area contributed by atoms with Gasteiger partial charge in [0.1, 0.15) is 5.82 Å². The zero-order valence-corrected chi connectivity index (χ0v) is 12.3. The van der Waals surface area contributed by atoms with Crippen molar-refractivity contribution in [2.45, 2.75) is 6.92 Å². The fraction of sp³-hybridized carbons (Fsp3) is 0.125. The summed E-state index contributed by atoms with van der Waals surface area (Å²) in [6.45, 7) is 2.00. The number of anilines is 1. The Morgan fingerprint density at radius 2 is 1.95 bits per heavy atom. The lowest BCUT2D eigenvalue weighted by atomic mass is 10.1. The monoisotopic (exact) mass is 284 g/mol. The predicted molar refractivity (Wildman–Crippen MR) is 85.0 cm³/mol. The normalized spacial score (nSPS) is 11.2. The molecule has 0 fully saturated rings. The molecule has 0 aliphatic heterocycles. The van der Waals surface area contributed by atoms with Crippen molar-refractivity contribution >= 4 is 23.4 Å².